The van der Waals surface area contributed by atoms with Gasteiger partial charge < -0.3 is 14.5 Å². The SMILES string of the molecule is COc1ccc2cc(-c3ccccc3)c(C(=O)C(=O)Nc3ccc(C(C)=O)cc3)n2c1. The molecule has 0 fully saturated rings. The van der Waals surface area contributed by atoms with Gasteiger partial charge in [-0.15, -0.1) is 0 Å². The summed E-state index contributed by atoms with van der Waals surface area (Å²) >= 11 is 0. The Morgan fingerprint density at radius 1 is 0.903 bits per heavy atom. The number of ketones is 2. The van der Waals surface area contributed by atoms with Gasteiger partial charge in [-0.25, -0.2) is 0 Å². The molecule has 6 heteroatoms. The van der Waals surface area contributed by atoms with Crippen LogP contribution in [-0.2, 0) is 4.79 Å². The maximum absolute atomic E-state index is 13.3. The number of carbonyl (C=O) groups is 3. The molecule has 0 aliphatic carbocycles. The first-order valence-corrected chi connectivity index (χ1v) is 9.69. The number of benzene rings is 2. The standard InChI is InChI=1S/C25H20N2O4/c1-16(28)17-8-10-19(11-9-17)26-25(30)24(29)23-22(18-6-4-3-5-7-18)14-20-12-13-21(31-2)15-27(20)23/h3-15H,1-2H3,(H,26,30). The largest absolute Gasteiger partial charge is 0.495 e. The van der Waals surface area contributed by atoms with E-state index in [1.807, 2.05) is 42.5 Å². The van der Waals surface area contributed by atoms with Crippen molar-refractivity contribution in [2.45, 2.75) is 6.92 Å². The monoisotopic (exact) mass is 412 g/mol. The summed E-state index contributed by atoms with van der Waals surface area (Å²) < 4.78 is 6.97. The molecule has 0 aliphatic rings. The van der Waals surface area contributed by atoms with E-state index in [1.54, 1.807) is 48.0 Å². The van der Waals surface area contributed by atoms with Gasteiger partial charge in [0.25, 0.3) is 11.7 Å². The molecule has 154 valence electrons. The summed E-state index contributed by atoms with van der Waals surface area (Å²) in [5.41, 5.74) is 3.45. The van der Waals surface area contributed by atoms with E-state index in [1.165, 1.54) is 6.92 Å². The van der Waals surface area contributed by atoms with Crippen LogP contribution in [0, 0.1) is 0 Å². The minimum absolute atomic E-state index is 0.0740. The molecule has 0 saturated carbocycles. The maximum Gasteiger partial charge on any atom is 0.298 e. The van der Waals surface area contributed by atoms with Crippen LogP contribution in [0.25, 0.3) is 16.6 Å². The Morgan fingerprint density at radius 3 is 2.26 bits per heavy atom. The van der Waals surface area contributed by atoms with Crippen LogP contribution in [0.2, 0.25) is 0 Å². The number of nitrogens with zero attached hydrogens (tertiary/aromatic N) is 1. The van der Waals surface area contributed by atoms with Crippen molar-refractivity contribution < 1.29 is 19.1 Å². The zero-order valence-electron chi connectivity index (χ0n) is 17.1. The molecule has 31 heavy (non-hydrogen) atoms. The summed E-state index contributed by atoms with van der Waals surface area (Å²) in [6.45, 7) is 1.47. The van der Waals surface area contributed by atoms with Crippen LogP contribution in [0.4, 0.5) is 5.69 Å². The van der Waals surface area contributed by atoms with Gasteiger partial charge in [0.2, 0.25) is 0 Å². The number of nitrogens with one attached hydrogen (secondary N) is 1. The van der Waals surface area contributed by atoms with E-state index < -0.39 is 11.7 Å². The van der Waals surface area contributed by atoms with Crippen molar-refractivity contribution in [2.24, 2.45) is 0 Å². The molecule has 0 radical (unpaired) electrons. The Hall–Kier alpha value is -4.19. The minimum atomic E-state index is -0.768. The fourth-order valence-electron chi connectivity index (χ4n) is 3.42. The van der Waals surface area contributed by atoms with Gasteiger partial charge in [-0.2, -0.15) is 0 Å². The van der Waals surface area contributed by atoms with Crippen molar-refractivity contribution in [3.63, 3.8) is 0 Å². The first kappa shape index (κ1) is 20.1. The molecule has 1 N–H and O–H groups in total. The van der Waals surface area contributed by atoms with Crippen LogP contribution >= 0.6 is 0 Å². The zero-order valence-corrected chi connectivity index (χ0v) is 17.1. The zero-order chi connectivity index (χ0) is 22.0. The van der Waals surface area contributed by atoms with Crippen LogP contribution in [-0.4, -0.2) is 29.0 Å². The van der Waals surface area contributed by atoms with Gasteiger partial charge in [0, 0.05) is 22.3 Å². The predicted octanol–water partition coefficient (Wildman–Crippen LogP) is 4.64. The second-order valence-corrected chi connectivity index (χ2v) is 7.05. The summed E-state index contributed by atoms with van der Waals surface area (Å²) in [5.74, 6) is -0.953. The number of amides is 1. The smallest absolute Gasteiger partial charge is 0.298 e. The average molecular weight is 412 g/mol. The first-order chi connectivity index (χ1) is 15.0. The molecule has 0 atom stereocenters. The number of carbonyl (C=O) groups excluding carboxylic acids is 3. The predicted molar refractivity (Wildman–Crippen MR) is 119 cm³/mol. The number of fused-ring (bicyclic) bond motifs is 1. The minimum Gasteiger partial charge on any atom is -0.495 e. The fraction of sp³-hybridized carbons (Fsp3) is 0.0800. The maximum atomic E-state index is 13.3. The van der Waals surface area contributed by atoms with E-state index >= 15 is 0 Å². The van der Waals surface area contributed by atoms with Crippen molar-refractivity contribution in [3.05, 3.63) is 90.3 Å². The molecule has 6 nitrogen and oxygen atoms in total. The molecule has 4 aromatic rings. The quantitative estimate of drug-likeness (QED) is 0.370. The van der Waals surface area contributed by atoms with Gasteiger partial charge in [-0.1, -0.05) is 30.3 Å². The Balaban J connectivity index is 1.75. The van der Waals surface area contributed by atoms with Gasteiger partial charge in [-0.05, 0) is 55.0 Å². The van der Waals surface area contributed by atoms with Gasteiger partial charge in [0.05, 0.1) is 13.3 Å². The Morgan fingerprint density at radius 2 is 1.61 bits per heavy atom. The van der Waals surface area contributed by atoms with Crippen LogP contribution in [0.15, 0.2) is 79.0 Å². The normalized spacial score (nSPS) is 10.6. The third-order valence-corrected chi connectivity index (χ3v) is 5.03. The topological polar surface area (TPSA) is 76.9 Å². The second kappa shape index (κ2) is 8.28. The van der Waals surface area contributed by atoms with E-state index in [2.05, 4.69) is 5.32 Å². The Kier molecular flexibility index (Phi) is 5.37. The lowest BCUT2D eigenvalue weighted by Crippen LogP contribution is -2.24. The third-order valence-electron chi connectivity index (χ3n) is 5.03. The highest BCUT2D eigenvalue weighted by molar-refractivity contribution is 6.47. The molecule has 0 aliphatic heterocycles. The average Bonchev–Trinajstić information content (AvgIpc) is 3.18. The lowest BCUT2D eigenvalue weighted by molar-refractivity contribution is -0.112. The number of methoxy groups -OCH3 is 1. The number of Topliss-reactive ketones (excluding diaryl/α,β-unsaturated/α-hetero) is 2. The summed E-state index contributed by atoms with van der Waals surface area (Å²) in [5, 5.41) is 2.62. The first-order valence-electron chi connectivity index (χ1n) is 9.69. The van der Waals surface area contributed by atoms with Crippen molar-refractivity contribution in [3.8, 4) is 16.9 Å². The number of aromatic nitrogens is 1. The highest BCUT2D eigenvalue weighted by atomic mass is 16.5. The number of pyridine rings is 1. The van der Waals surface area contributed by atoms with Gasteiger partial charge in [-0.3, -0.25) is 14.4 Å². The summed E-state index contributed by atoms with van der Waals surface area (Å²) in [6.07, 6.45) is 1.68. The van der Waals surface area contributed by atoms with E-state index in [-0.39, 0.29) is 11.5 Å². The van der Waals surface area contributed by atoms with Crippen LogP contribution in [0.5, 0.6) is 5.75 Å². The molecule has 2 heterocycles. The lowest BCUT2D eigenvalue weighted by atomic mass is 10.0. The fourth-order valence-corrected chi connectivity index (χ4v) is 3.42. The molecule has 2 aromatic carbocycles. The van der Waals surface area contributed by atoms with Crippen molar-refractivity contribution in [2.75, 3.05) is 12.4 Å². The number of ether oxygens (including phenoxy) is 1. The van der Waals surface area contributed by atoms with Crippen molar-refractivity contribution in [1.29, 1.82) is 0 Å². The summed E-state index contributed by atoms with van der Waals surface area (Å²) in [6, 6.07) is 21.3. The third kappa shape index (κ3) is 3.96. The molecule has 0 unspecified atom stereocenters. The van der Waals surface area contributed by atoms with Crippen molar-refractivity contribution >= 4 is 28.7 Å². The molecule has 0 bridgehead atoms. The van der Waals surface area contributed by atoms with Gasteiger partial charge >= 0.3 is 0 Å². The lowest BCUT2D eigenvalue weighted by Gasteiger charge is -2.09. The van der Waals surface area contributed by atoms with Crippen LogP contribution < -0.4 is 10.1 Å². The highest BCUT2D eigenvalue weighted by Crippen LogP contribution is 2.30. The molecule has 0 spiro atoms. The number of anilines is 1. The van der Waals surface area contributed by atoms with Crippen molar-refractivity contribution in [1.82, 2.24) is 4.40 Å². The number of hydrogen-bond donors (Lipinski definition) is 1. The Bertz CT molecular complexity index is 1290. The summed E-state index contributed by atoms with van der Waals surface area (Å²) in [7, 11) is 1.54. The highest BCUT2D eigenvalue weighted by Gasteiger charge is 2.25. The molecule has 1 amide bonds. The molecule has 0 saturated heterocycles. The van der Waals surface area contributed by atoms with Crippen LogP contribution in [0.1, 0.15) is 27.8 Å². The molecule has 2 aromatic heterocycles. The molecule has 4 rings (SSSR count). The van der Waals surface area contributed by atoms with E-state index in [0.29, 0.717) is 22.6 Å². The summed E-state index contributed by atoms with van der Waals surface area (Å²) in [4.78, 5) is 37.5. The second-order valence-electron chi connectivity index (χ2n) is 7.05. The molecular formula is C25H20N2O4. The van der Waals surface area contributed by atoms with Gasteiger partial charge in [0.1, 0.15) is 11.4 Å². The number of hydrogen-bond acceptors (Lipinski definition) is 4. The van der Waals surface area contributed by atoms with Crippen LogP contribution in [0.3, 0.4) is 0 Å². The Labute approximate surface area is 179 Å². The number of rotatable bonds is 6. The van der Waals surface area contributed by atoms with E-state index in [0.717, 1.165) is 11.1 Å². The van der Waals surface area contributed by atoms with Gasteiger partial charge in [0.15, 0.2) is 5.78 Å². The van der Waals surface area contributed by atoms with E-state index in [9.17, 15) is 14.4 Å². The molecular weight excluding hydrogens is 392 g/mol. The van der Waals surface area contributed by atoms with E-state index in [4.69, 9.17) is 4.74 Å².